The molecule has 11 heteroatoms. The molecular formula is C17H21F2N3O3S3. The van der Waals surface area contributed by atoms with Crippen LogP contribution in [-0.2, 0) is 29.1 Å². The van der Waals surface area contributed by atoms with E-state index in [0.717, 1.165) is 16.5 Å². The van der Waals surface area contributed by atoms with Gasteiger partial charge in [-0.15, -0.1) is 10.2 Å². The van der Waals surface area contributed by atoms with Crippen LogP contribution < -0.4 is 4.74 Å². The third-order valence-electron chi connectivity index (χ3n) is 4.54. The molecule has 3 rings (SSSR count). The molecule has 28 heavy (non-hydrogen) atoms. The zero-order valence-corrected chi connectivity index (χ0v) is 17.9. The molecule has 0 saturated carbocycles. The monoisotopic (exact) mass is 449 g/mol. The Morgan fingerprint density at radius 2 is 2.14 bits per heavy atom. The van der Waals surface area contributed by atoms with Crippen molar-refractivity contribution in [3.05, 3.63) is 29.6 Å². The maximum Gasteiger partial charge on any atom is 0.289 e. The lowest BCUT2D eigenvalue weighted by Gasteiger charge is -2.10. The van der Waals surface area contributed by atoms with Gasteiger partial charge in [-0.3, -0.25) is 0 Å². The summed E-state index contributed by atoms with van der Waals surface area (Å²) in [6, 6.07) is 5.17. The highest BCUT2D eigenvalue weighted by Gasteiger charge is 2.29. The molecule has 154 valence electrons. The summed E-state index contributed by atoms with van der Waals surface area (Å²) in [7, 11) is 0.415. The molecule has 0 N–H and O–H groups in total. The van der Waals surface area contributed by atoms with Gasteiger partial charge in [-0.05, 0) is 30.0 Å². The fourth-order valence-corrected chi connectivity index (χ4v) is 6.41. The van der Waals surface area contributed by atoms with Gasteiger partial charge in [-0.1, -0.05) is 29.6 Å². The van der Waals surface area contributed by atoms with E-state index in [1.807, 2.05) is 11.6 Å². The van der Waals surface area contributed by atoms with Gasteiger partial charge in [0.2, 0.25) is 0 Å². The Labute approximate surface area is 171 Å². The maximum atomic E-state index is 12.6. The minimum atomic E-state index is -2.91. The molecule has 1 aliphatic rings. The highest BCUT2D eigenvalue weighted by Crippen LogP contribution is 2.35. The fraction of sp³-hybridized carbons (Fsp3) is 0.529. The first-order valence-electron chi connectivity index (χ1n) is 8.60. The number of sulfone groups is 1. The van der Waals surface area contributed by atoms with E-state index in [4.69, 9.17) is 4.74 Å². The number of alkyl halides is 2. The van der Waals surface area contributed by atoms with E-state index in [1.54, 1.807) is 18.2 Å². The van der Waals surface area contributed by atoms with E-state index < -0.39 is 15.6 Å². The summed E-state index contributed by atoms with van der Waals surface area (Å²) in [4.78, 5) is 0.402. The number of rotatable bonds is 8. The predicted molar refractivity (Wildman–Crippen MR) is 106 cm³/mol. The molecule has 2 heterocycles. The number of hydrogen-bond acceptors (Lipinski definition) is 7. The van der Waals surface area contributed by atoms with Crippen molar-refractivity contribution in [3.63, 3.8) is 0 Å². The number of nitrogens with zero attached hydrogens (tertiary/aromatic N) is 3. The average molecular weight is 450 g/mol. The number of methoxy groups -OCH3 is 1. The van der Waals surface area contributed by atoms with Crippen LogP contribution in [0.3, 0.4) is 0 Å². The molecule has 1 fully saturated rings. The molecule has 1 unspecified atom stereocenters. The second-order valence-electron chi connectivity index (χ2n) is 6.58. The van der Waals surface area contributed by atoms with Crippen LogP contribution in [-0.4, -0.2) is 47.6 Å². The summed E-state index contributed by atoms with van der Waals surface area (Å²) in [5.41, 5.74) is 0.923. The molecule has 1 aliphatic heterocycles. The normalized spacial score (nSPS) is 18.7. The first kappa shape index (κ1) is 21.4. The number of thioether (sulfide) groups is 2. The van der Waals surface area contributed by atoms with Crippen LogP contribution in [0.5, 0.6) is 5.75 Å². The molecule has 1 atom stereocenters. The van der Waals surface area contributed by atoms with Gasteiger partial charge in [0.05, 0.1) is 23.5 Å². The highest BCUT2D eigenvalue weighted by atomic mass is 32.2. The van der Waals surface area contributed by atoms with Crippen LogP contribution >= 0.6 is 23.5 Å². The molecule has 0 aliphatic carbocycles. The molecule has 6 nitrogen and oxygen atoms in total. The van der Waals surface area contributed by atoms with Crippen molar-refractivity contribution in [2.75, 3.05) is 18.6 Å². The Balaban J connectivity index is 1.63. The lowest BCUT2D eigenvalue weighted by molar-refractivity contribution is 0.251. The summed E-state index contributed by atoms with van der Waals surface area (Å²) in [5, 5.41) is 9.13. The summed E-state index contributed by atoms with van der Waals surface area (Å²) < 4.78 is 55.5. The molecule has 1 aromatic carbocycles. The minimum Gasteiger partial charge on any atom is -0.496 e. The summed E-state index contributed by atoms with van der Waals surface area (Å²) >= 11 is 1.94. The molecule has 0 bridgehead atoms. The Bertz CT molecular complexity index is 935. The van der Waals surface area contributed by atoms with Gasteiger partial charge >= 0.3 is 0 Å². The number of hydrogen-bond donors (Lipinski definition) is 0. The second kappa shape index (κ2) is 9.00. The van der Waals surface area contributed by atoms with Crippen LogP contribution in [0, 0.1) is 5.92 Å². The van der Waals surface area contributed by atoms with Crippen molar-refractivity contribution < 1.29 is 21.9 Å². The van der Waals surface area contributed by atoms with Crippen molar-refractivity contribution in [1.29, 1.82) is 0 Å². The van der Waals surface area contributed by atoms with Crippen molar-refractivity contribution in [2.45, 2.75) is 34.4 Å². The van der Waals surface area contributed by atoms with E-state index >= 15 is 0 Å². The van der Waals surface area contributed by atoms with Gasteiger partial charge in [0.25, 0.3) is 5.76 Å². The first-order valence-corrected chi connectivity index (χ1v) is 12.3. The summed E-state index contributed by atoms with van der Waals surface area (Å²) in [6.45, 7) is 0. The molecule has 0 radical (unpaired) electrons. The largest absolute Gasteiger partial charge is 0.496 e. The SMILES string of the molecule is COc1cc(CSc2nnc(CC3CCS(=O)(=O)C3)n2C)ccc1SC(F)F. The highest BCUT2D eigenvalue weighted by molar-refractivity contribution is 7.99. The summed E-state index contributed by atoms with van der Waals surface area (Å²) in [5.74, 6) is -0.171. The minimum absolute atomic E-state index is 0.0925. The summed E-state index contributed by atoms with van der Waals surface area (Å²) in [6.07, 6.45) is 1.26. The van der Waals surface area contributed by atoms with Crippen LogP contribution in [0.25, 0.3) is 0 Å². The molecule has 1 saturated heterocycles. The number of aromatic nitrogens is 3. The predicted octanol–water partition coefficient (Wildman–Crippen LogP) is 3.41. The quantitative estimate of drug-likeness (QED) is 0.572. The van der Waals surface area contributed by atoms with Gasteiger partial charge in [-0.2, -0.15) is 8.78 Å². The van der Waals surface area contributed by atoms with E-state index in [0.29, 0.717) is 41.0 Å². The smallest absolute Gasteiger partial charge is 0.289 e. The van der Waals surface area contributed by atoms with Crippen molar-refractivity contribution in [3.8, 4) is 5.75 Å². The van der Waals surface area contributed by atoms with Crippen LogP contribution in [0.4, 0.5) is 8.78 Å². The van der Waals surface area contributed by atoms with Crippen molar-refractivity contribution in [1.82, 2.24) is 14.8 Å². The lowest BCUT2D eigenvalue weighted by Crippen LogP contribution is -2.11. The number of ether oxygens (including phenoxy) is 1. The van der Waals surface area contributed by atoms with Crippen LogP contribution in [0.1, 0.15) is 17.8 Å². The van der Waals surface area contributed by atoms with Gasteiger partial charge in [0, 0.05) is 19.2 Å². The maximum absolute atomic E-state index is 12.6. The van der Waals surface area contributed by atoms with Gasteiger partial charge in [0.1, 0.15) is 11.6 Å². The first-order chi connectivity index (χ1) is 13.3. The van der Waals surface area contributed by atoms with Crippen molar-refractivity contribution >= 4 is 33.4 Å². The second-order valence-corrected chi connectivity index (χ2v) is 10.8. The topological polar surface area (TPSA) is 74.1 Å². The van der Waals surface area contributed by atoms with E-state index in [1.165, 1.54) is 18.9 Å². The molecule has 0 spiro atoms. The Morgan fingerprint density at radius 1 is 1.36 bits per heavy atom. The number of benzene rings is 1. The lowest BCUT2D eigenvalue weighted by atomic mass is 10.1. The standard InChI is InChI=1S/C17H21F2N3O3S3/c1-22-15(8-12-5-6-28(23,24)10-12)20-21-17(22)26-9-11-3-4-14(27-16(18)19)13(7-11)25-2/h3-4,7,12,16H,5-6,8-10H2,1-2H3. The third kappa shape index (κ3) is 5.38. The van der Waals surface area contributed by atoms with Crippen molar-refractivity contribution in [2.24, 2.45) is 13.0 Å². The van der Waals surface area contributed by atoms with Crippen LogP contribution in [0.15, 0.2) is 28.3 Å². The Kier molecular flexibility index (Phi) is 6.87. The third-order valence-corrected chi connectivity index (χ3v) is 8.23. The van der Waals surface area contributed by atoms with Gasteiger partial charge < -0.3 is 9.30 Å². The Hall–Kier alpha value is -1.33. The number of halogens is 2. The fourth-order valence-electron chi connectivity index (χ4n) is 3.08. The van der Waals surface area contributed by atoms with E-state index in [9.17, 15) is 17.2 Å². The van der Waals surface area contributed by atoms with Gasteiger partial charge in [0.15, 0.2) is 15.0 Å². The average Bonchev–Trinajstić information content (AvgIpc) is 3.16. The van der Waals surface area contributed by atoms with E-state index in [-0.39, 0.29) is 17.4 Å². The molecule has 0 amide bonds. The molecule has 2 aromatic rings. The van der Waals surface area contributed by atoms with Crippen LogP contribution in [0.2, 0.25) is 0 Å². The zero-order valence-electron chi connectivity index (χ0n) is 15.5. The molecule has 1 aromatic heterocycles. The zero-order chi connectivity index (χ0) is 20.3. The van der Waals surface area contributed by atoms with E-state index in [2.05, 4.69) is 10.2 Å². The Morgan fingerprint density at radius 3 is 2.79 bits per heavy atom. The molecular weight excluding hydrogens is 428 g/mol. The van der Waals surface area contributed by atoms with Gasteiger partial charge in [-0.25, -0.2) is 8.42 Å².